The van der Waals surface area contributed by atoms with Gasteiger partial charge in [-0.25, -0.2) is 0 Å². The zero-order valence-electron chi connectivity index (χ0n) is 12.2. The molecule has 1 aromatic rings. The van der Waals surface area contributed by atoms with Crippen molar-refractivity contribution in [3.63, 3.8) is 0 Å². The van der Waals surface area contributed by atoms with Gasteiger partial charge in [0, 0.05) is 25.4 Å². The number of nitrogens with zero attached hydrogens (tertiary/aromatic N) is 1. The lowest BCUT2D eigenvalue weighted by Gasteiger charge is -2.36. The van der Waals surface area contributed by atoms with E-state index in [1.54, 1.807) is 0 Å². The van der Waals surface area contributed by atoms with E-state index in [0.717, 1.165) is 25.1 Å². The highest BCUT2D eigenvalue weighted by molar-refractivity contribution is 6.00. The van der Waals surface area contributed by atoms with Crippen LogP contribution in [0.5, 0.6) is 0 Å². The first-order valence-corrected chi connectivity index (χ1v) is 7.41. The molecule has 20 heavy (non-hydrogen) atoms. The third-order valence-corrected chi connectivity index (χ3v) is 3.86. The van der Waals surface area contributed by atoms with Gasteiger partial charge in [-0.1, -0.05) is 31.5 Å². The van der Waals surface area contributed by atoms with Gasteiger partial charge in [0.05, 0.1) is 0 Å². The minimum Gasteiger partial charge on any atom is -0.381 e. The molecule has 4 nitrogen and oxygen atoms in total. The Hall–Kier alpha value is -1.39. The van der Waals surface area contributed by atoms with Gasteiger partial charge in [0.15, 0.2) is 0 Å². The van der Waals surface area contributed by atoms with Gasteiger partial charge in [0.25, 0.3) is 0 Å². The average Bonchev–Trinajstić information content (AvgIpc) is 2.49. The third-order valence-electron chi connectivity index (χ3n) is 3.86. The van der Waals surface area contributed by atoms with Crippen LogP contribution >= 0.6 is 0 Å². The number of hydrogen-bond acceptors (Lipinski definition) is 3. The van der Waals surface area contributed by atoms with Crippen LogP contribution < -0.4 is 10.6 Å². The highest BCUT2D eigenvalue weighted by atomic mass is 16.5. The fourth-order valence-electron chi connectivity index (χ4n) is 2.49. The SMILES string of the molecule is CCCCN(C(=O)C1(N)CCOCC1)c1ccccc1. The molecule has 0 bridgehead atoms. The molecule has 0 spiro atoms. The van der Waals surface area contributed by atoms with E-state index < -0.39 is 5.54 Å². The number of nitrogens with two attached hydrogens (primary N) is 1. The van der Waals surface area contributed by atoms with Gasteiger partial charge in [-0.05, 0) is 31.4 Å². The van der Waals surface area contributed by atoms with Gasteiger partial charge in [0.2, 0.25) is 5.91 Å². The number of hydrogen-bond donors (Lipinski definition) is 1. The summed E-state index contributed by atoms with van der Waals surface area (Å²) in [6, 6.07) is 9.80. The summed E-state index contributed by atoms with van der Waals surface area (Å²) in [7, 11) is 0. The van der Waals surface area contributed by atoms with Gasteiger partial charge >= 0.3 is 0 Å². The summed E-state index contributed by atoms with van der Waals surface area (Å²) in [5.41, 5.74) is 6.50. The van der Waals surface area contributed by atoms with Crippen molar-refractivity contribution < 1.29 is 9.53 Å². The van der Waals surface area contributed by atoms with Crippen LogP contribution in [-0.4, -0.2) is 31.2 Å². The minimum absolute atomic E-state index is 0.0282. The van der Waals surface area contributed by atoms with Gasteiger partial charge < -0.3 is 15.4 Å². The highest BCUT2D eigenvalue weighted by Gasteiger charge is 2.39. The van der Waals surface area contributed by atoms with Gasteiger partial charge in [0.1, 0.15) is 5.54 Å². The lowest BCUT2D eigenvalue weighted by atomic mass is 9.89. The minimum atomic E-state index is -0.776. The molecule has 1 aromatic carbocycles. The Morgan fingerprint density at radius 3 is 2.55 bits per heavy atom. The number of para-hydroxylation sites is 1. The molecule has 0 aromatic heterocycles. The van der Waals surface area contributed by atoms with E-state index in [0.29, 0.717) is 26.1 Å². The second kappa shape index (κ2) is 6.86. The fourth-order valence-corrected chi connectivity index (χ4v) is 2.49. The Morgan fingerprint density at radius 1 is 1.30 bits per heavy atom. The topological polar surface area (TPSA) is 55.6 Å². The van der Waals surface area contributed by atoms with Crippen molar-refractivity contribution in [1.82, 2.24) is 0 Å². The molecule has 110 valence electrons. The van der Waals surface area contributed by atoms with Crippen LogP contribution in [0.2, 0.25) is 0 Å². The smallest absolute Gasteiger partial charge is 0.247 e. The lowest BCUT2D eigenvalue weighted by molar-refractivity contribution is -0.127. The number of benzene rings is 1. The number of carbonyl (C=O) groups excluding carboxylic acids is 1. The number of rotatable bonds is 5. The Labute approximate surface area is 120 Å². The number of amides is 1. The summed E-state index contributed by atoms with van der Waals surface area (Å²) in [6.45, 7) is 3.98. The van der Waals surface area contributed by atoms with E-state index in [4.69, 9.17) is 10.5 Å². The monoisotopic (exact) mass is 276 g/mol. The molecule has 4 heteroatoms. The van der Waals surface area contributed by atoms with E-state index >= 15 is 0 Å². The second-order valence-corrected chi connectivity index (χ2v) is 5.41. The first kappa shape index (κ1) is 15.0. The standard InChI is InChI=1S/C16H24N2O2/c1-2-3-11-18(14-7-5-4-6-8-14)15(19)16(17)9-12-20-13-10-16/h4-8H,2-3,9-13,17H2,1H3. The molecule has 2 rings (SSSR count). The number of ether oxygens (including phenoxy) is 1. The van der Waals surface area contributed by atoms with Crippen LogP contribution in [0.3, 0.4) is 0 Å². The summed E-state index contributed by atoms with van der Waals surface area (Å²) in [5.74, 6) is 0.0282. The molecule has 0 unspecified atom stereocenters. The predicted octanol–water partition coefficient (Wildman–Crippen LogP) is 2.33. The van der Waals surface area contributed by atoms with E-state index in [-0.39, 0.29) is 5.91 Å². The molecule has 1 amide bonds. The number of unbranched alkanes of at least 4 members (excludes halogenated alkanes) is 1. The van der Waals surface area contributed by atoms with Crippen molar-refractivity contribution >= 4 is 11.6 Å². The van der Waals surface area contributed by atoms with Crippen molar-refractivity contribution in [1.29, 1.82) is 0 Å². The first-order chi connectivity index (χ1) is 9.67. The van der Waals surface area contributed by atoms with Gasteiger partial charge in [-0.15, -0.1) is 0 Å². The number of carbonyl (C=O) groups is 1. The van der Waals surface area contributed by atoms with Crippen molar-refractivity contribution in [3.8, 4) is 0 Å². The van der Waals surface area contributed by atoms with Crippen molar-refractivity contribution in [2.24, 2.45) is 5.73 Å². The van der Waals surface area contributed by atoms with Crippen LogP contribution in [0, 0.1) is 0 Å². The maximum atomic E-state index is 12.9. The molecule has 1 fully saturated rings. The number of anilines is 1. The second-order valence-electron chi connectivity index (χ2n) is 5.41. The largest absolute Gasteiger partial charge is 0.381 e. The van der Waals surface area contributed by atoms with E-state index in [1.807, 2.05) is 35.2 Å². The normalized spacial score (nSPS) is 17.7. The van der Waals surface area contributed by atoms with E-state index in [2.05, 4.69) is 6.92 Å². The summed E-state index contributed by atoms with van der Waals surface area (Å²) < 4.78 is 5.33. The van der Waals surface area contributed by atoms with E-state index in [1.165, 1.54) is 0 Å². The molecular formula is C16H24N2O2. The average molecular weight is 276 g/mol. The molecule has 0 atom stereocenters. The zero-order chi connectivity index (χ0) is 14.4. The molecule has 1 aliphatic rings. The van der Waals surface area contributed by atoms with Gasteiger partial charge in [-0.2, -0.15) is 0 Å². The highest BCUT2D eigenvalue weighted by Crippen LogP contribution is 2.24. The Morgan fingerprint density at radius 2 is 1.95 bits per heavy atom. The third kappa shape index (κ3) is 3.38. The summed E-state index contributed by atoms with van der Waals surface area (Å²) in [4.78, 5) is 14.7. The molecular weight excluding hydrogens is 252 g/mol. The summed E-state index contributed by atoms with van der Waals surface area (Å²) in [5, 5.41) is 0. The molecule has 1 aliphatic heterocycles. The molecule has 0 saturated carbocycles. The molecule has 2 N–H and O–H groups in total. The van der Waals surface area contributed by atoms with Crippen LogP contribution in [0.15, 0.2) is 30.3 Å². The fraction of sp³-hybridized carbons (Fsp3) is 0.562. The predicted molar refractivity (Wildman–Crippen MR) is 80.7 cm³/mol. The molecule has 0 aliphatic carbocycles. The van der Waals surface area contributed by atoms with Crippen LogP contribution in [0.4, 0.5) is 5.69 Å². The Bertz CT molecular complexity index is 427. The van der Waals surface area contributed by atoms with Crippen molar-refractivity contribution in [2.75, 3.05) is 24.7 Å². The van der Waals surface area contributed by atoms with Crippen LogP contribution in [0.25, 0.3) is 0 Å². The van der Waals surface area contributed by atoms with Crippen molar-refractivity contribution in [3.05, 3.63) is 30.3 Å². The quantitative estimate of drug-likeness (QED) is 0.898. The zero-order valence-corrected chi connectivity index (χ0v) is 12.2. The summed E-state index contributed by atoms with van der Waals surface area (Å²) >= 11 is 0. The van der Waals surface area contributed by atoms with Gasteiger partial charge in [-0.3, -0.25) is 4.79 Å². The maximum absolute atomic E-state index is 12.9. The molecule has 0 radical (unpaired) electrons. The van der Waals surface area contributed by atoms with Crippen molar-refractivity contribution in [2.45, 2.75) is 38.1 Å². The lowest BCUT2D eigenvalue weighted by Crippen LogP contribution is -2.58. The Kier molecular flexibility index (Phi) is 5.15. The molecule has 1 heterocycles. The maximum Gasteiger partial charge on any atom is 0.247 e. The first-order valence-electron chi connectivity index (χ1n) is 7.41. The van der Waals surface area contributed by atoms with Crippen LogP contribution in [0.1, 0.15) is 32.6 Å². The molecule has 1 saturated heterocycles. The summed E-state index contributed by atoms with van der Waals surface area (Å²) in [6.07, 6.45) is 3.23. The van der Waals surface area contributed by atoms with Crippen LogP contribution in [-0.2, 0) is 9.53 Å². The van der Waals surface area contributed by atoms with E-state index in [9.17, 15) is 4.79 Å². The Balaban J connectivity index is 2.19.